The lowest BCUT2D eigenvalue weighted by molar-refractivity contribution is 0.00583. The van der Waals surface area contributed by atoms with Crippen molar-refractivity contribution in [1.29, 1.82) is 0 Å². The van der Waals surface area contributed by atoms with Crippen molar-refractivity contribution in [2.75, 3.05) is 18.0 Å². The van der Waals surface area contributed by atoms with E-state index in [9.17, 15) is 5.11 Å². The molecule has 2 aromatic heterocycles. The van der Waals surface area contributed by atoms with Gasteiger partial charge in [0.25, 0.3) is 0 Å². The molecule has 3 rings (SSSR count). The Bertz CT molecular complexity index is 629. The van der Waals surface area contributed by atoms with Crippen molar-refractivity contribution in [3.8, 4) is 0 Å². The average molecular weight is 302 g/mol. The number of piperidine rings is 1. The Morgan fingerprint density at radius 2 is 2.23 bits per heavy atom. The molecular formula is C15H22N6O. The highest BCUT2D eigenvalue weighted by molar-refractivity contribution is 5.41. The average Bonchev–Trinajstić information content (AvgIpc) is 2.98. The van der Waals surface area contributed by atoms with Crippen LogP contribution in [0.25, 0.3) is 0 Å². The first-order valence-corrected chi connectivity index (χ1v) is 7.74. The predicted octanol–water partition coefficient (Wildman–Crippen LogP) is 0.970. The fraction of sp³-hybridized carbons (Fsp3) is 0.600. The minimum atomic E-state index is -0.808. The minimum absolute atomic E-state index is 0.453. The number of β-amino-alcohol motifs (C(OH)–C–C–N with tert-alkyl or cyclic N) is 1. The molecule has 0 spiro atoms. The lowest BCUT2D eigenvalue weighted by atomic mass is 9.92. The van der Waals surface area contributed by atoms with Gasteiger partial charge < -0.3 is 10.0 Å². The van der Waals surface area contributed by atoms with Crippen LogP contribution in [0, 0.1) is 6.92 Å². The molecule has 118 valence electrons. The van der Waals surface area contributed by atoms with Crippen molar-refractivity contribution >= 4 is 5.82 Å². The van der Waals surface area contributed by atoms with Gasteiger partial charge in [-0.3, -0.25) is 0 Å². The Hall–Kier alpha value is -2.02. The van der Waals surface area contributed by atoms with Crippen LogP contribution in [-0.4, -0.2) is 48.8 Å². The molecule has 1 unspecified atom stereocenters. The molecule has 1 aliphatic heterocycles. The van der Waals surface area contributed by atoms with Gasteiger partial charge in [-0.25, -0.2) is 14.6 Å². The molecule has 2 aromatic rings. The van der Waals surface area contributed by atoms with E-state index in [0.29, 0.717) is 13.1 Å². The topological polar surface area (TPSA) is 80.0 Å². The maximum atomic E-state index is 10.9. The Balaban J connectivity index is 1.79. The molecular weight excluding hydrogens is 280 g/mol. The van der Waals surface area contributed by atoms with Crippen LogP contribution >= 0.6 is 0 Å². The van der Waals surface area contributed by atoms with E-state index in [1.54, 1.807) is 17.1 Å². The molecule has 0 radical (unpaired) electrons. The van der Waals surface area contributed by atoms with E-state index in [1.165, 1.54) is 0 Å². The van der Waals surface area contributed by atoms with Crippen LogP contribution in [-0.2, 0) is 13.0 Å². The first-order valence-electron chi connectivity index (χ1n) is 7.74. The lowest BCUT2D eigenvalue weighted by Gasteiger charge is -2.39. The molecule has 0 aliphatic carbocycles. The fourth-order valence-electron chi connectivity index (χ4n) is 3.01. The fourth-order valence-corrected chi connectivity index (χ4v) is 3.01. The third-order valence-electron chi connectivity index (χ3n) is 4.05. The number of hydrogen-bond donors (Lipinski definition) is 1. The van der Waals surface area contributed by atoms with Crippen molar-refractivity contribution in [2.24, 2.45) is 0 Å². The van der Waals surface area contributed by atoms with E-state index >= 15 is 0 Å². The zero-order chi connectivity index (χ0) is 15.6. The molecule has 1 aliphatic rings. The number of hydrogen-bond acceptors (Lipinski definition) is 6. The normalized spacial score (nSPS) is 22.0. The Labute approximate surface area is 130 Å². The first-order chi connectivity index (χ1) is 10.6. The molecule has 0 bridgehead atoms. The Morgan fingerprint density at radius 1 is 1.36 bits per heavy atom. The van der Waals surface area contributed by atoms with E-state index in [4.69, 9.17) is 0 Å². The van der Waals surface area contributed by atoms with Gasteiger partial charge in [-0.2, -0.15) is 0 Å². The monoisotopic (exact) mass is 302 g/mol. The summed E-state index contributed by atoms with van der Waals surface area (Å²) in [6.07, 6.45) is 5.98. The Morgan fingerprint density at radius 3 is 2.95 bits per heavy atom. The summed E-state index contributed by atoms with van der Waals surface area (Å²) in [7, 11) is 0. The molecule has 0 aromatic carbocycles. The van der Waals surface area contributed by atoms with Crippen LogP contribution in [0.15, 0.2) is 18.5 Å². The summed E-state index contributed by atoms with van der Waals surface area (Å²) in [5, 5.41) is 18.7. The van der Waals surface area contributed by atoms with Crippen LogP contribution in [0.2, 0.25) is 0 Å². The van der Waals surface area contributed by atoms with Gasteiger partial charge in [-0.05, 0) is 26.2 Å². The number of nitrogens with zero attached hydrogens (tertiary/aromatic N) is 6. The van der Waals surface area contributed by atoms with Crippen molar-refractivity contribution in [3.63, 3.8) is 0 Å². The molecule has 0 saturated carbocycles. The number of aryl methyl sites for hydroxylation is 2. The number of aliphatic hydroxyl groups is 1. The highest BCUT2D eigenvalue weighted by Crippen LogP contribution is 2.26. The minimum Gasteiger partial charge on any atom is -0.386 e. The summed E-state index contributed by atoms with van der Waals surface area (Å²) in [5.74, 6) is 1.68. The molecule has 0 amide bonds. The van der Waals surface area contributed by atoms with Gasteiger partial charge in [-0.15, -0.1) is 5.10 Å². The Kier molecular flexibility index (Phi) is 4.06. The predicted molar refractivity (Wildman–Crippen MR) is 82.6 cm³/mol. The molecule has 7 nitrogen and oxygen atoms in total. The largest absolute Gasteiger partial charge is 0.386 e. The first kappa shape index (κ1) is 14.9. The van der Waals surface area contributed by atoms with E-state index in [1.807, 2.05) is 13.0 Å². The maximum Gasteiger partial charge on any atom is 0.132 e. The standard InChI is InChI=1S/C15H22N6O/c1-3-13-9-14(18-12(2)17-13)20-7-4-5-15(22,10-20)11-21-8-6-16-19-21/h6,8-9,22H,3-5,7,10-11H2,1-2H3. The van der Waals surface area contributed by atoms with E-state index < -0.39 is 5.60 Å². The molecule has 7 heteroatoms. The second kappa shape index (κ2) is 6.00. The van der Waals surface area contributed by atoms with Gasteiger partial charge >= 0.3 is 0 Å². The molecule has 1 atom stereocenters. The molecule has 1 N–H and O–H groups in total. The van der Waals surface area contributed by atoms with E-state index in [-0.39, 0.29) is 0 Å². The van der Waals surface area contributed by atoms with Crippen molar-refractivity contribution < 1.29 is 5.11 Å². The van der Waals surface area contributed by atoms with Gasteiger partial charge in [0.1, 0.15) is 17.2 Å². The van der Waals surface area contributed by atoms with Crippen LogP contribution in [0.5, 0.6) is 0 Å². The summed E-state index contributed by atoms with van der Waals surface area (Å²) in [5.41, 5.74) is 0.227. The van der Waals surface area contributed by atoms with Crippen molar-refractivity contribution in [2.45, 2.75) is 45.3 Å². The van der Waals surface area contributed by atoms with E-state index in [2.05, 4.69) is 32.1 Å². The third kappa shape index (κ3) is 3.24. The zero-order valence-electron chi connectivity index (χ0n) is 13.1. The molecule has 22 heavy (non-hydrogen) atoms. The third-order valence-corrected chi connectivity index (χ3v) is 4.05. The van der Waals surface area contributed by atoms with Crippen LogP contribution in [0.4, 0.5) is 5.82 Å². The van der Waals surface area contributed by atoms with Gasteiger partial charge in [0.2, 0.25) is 0 Å². The van der Waals surface area contributed by atoms with Crippen molar-refractivity contribution in [3.05, 3.63) is 30.0 Å². The van der Waals surface area contributed by atoms with Gasteiger partial charge in [0, 0.05) is 31.0 Å². The summed E-state index contributed by atoms with van der Waals surface area (Å²) in [4.78, 5) is 11.1. The summed E-state index contributed by atoms with van der Waals surface area (Å²) >= 11 is 0. The summed E-state index contributed by atoms with van der Waals surface area (Å²) < 4.78 is 1.69. The SMILES string of the molecule is CCc1cc(N2CCCC(O)(Cn3ccnn3)C2)nc(C)n1. The summed E-state index contributed by atoms with van der Waals surface area (Å²) in [6, 6.07) is 2.02. The molecule has 1 fully saturated rings. The second-order valence-corrected chi connectivity index (χ2v) is 5.97. The van der Waals surface area contributed by atoms with Crippen molar-refractivity contribution in [1.82, 2.24) is 25.0 Å². The highest BCUT2D eigenvalue weighted by Gasteiger charge is 2.34. The second-order valence-electron chi connectivity index (χ2n) is 5.97. The number of rotatable bonds is 4. The lowest BCUT2D eigenvalue weighted by Crippen LogP contribution is -2.51. The molecule has 3 heterocycles. The summed E-state index contributed by atoms with van der Waals surface area (Å²) in [6.45, 7) is 5.90. The van der Waals surface area contributed by atoms with Gasteiger partial charge in [0.05, 0.1) is 12.7 Å². The molecule has 1 saturated heterocycles. The van der Waals surface area contributed by atoms with Crippen LogP contribution < -0.4 is 4.90 Å². The number of anilines is 1. The zero-order valence-corrected chi connectivity index (χ0v) is 13.1. The highest BCUT2D eigenvalue weighted by atomic mass is 16.3. The van der Waals surface area contributed by atoms with E-state index in [0.717, 1.165) is 43.1 Å². The van der Waals surface area contributed by atoms with Gasteiger partial charge in [-0.1, -0.05) is 12.1 Å². The van der Waals surface area contributed by atoms with Gasteiger partial charge in [0.15, 0.2) is 0 Å². The maximum absolute atomic E-state index is 10.9. The van der Waals surface area contributed by atoms with Crippen LogP contribution in [0.1, 0.15) is 31.3 Å². The number of aromatic nitrogens is 5. The quantitative estimate of drug-likeness (QED) is 0.906. The van der Waals surface area contributed by atoms with Crippen LogP contribution in [0.3, 0.4) is 0 Å². The smallest absolute Gasteiger partial charge is 0.132 e.